The van der Waals surface area contributed by atoms with Gasteiger partial charge in [0.15, 0.2) is 0 Å². The number of nitrogens with zero attached hydrogens (tertiary/aromatic N) is 2. The molecule has 0 bridgehead atoms. The molecule has 0 fully saturated rings. The fourth-order valence-electron chi connectivity index (χ4n) is 2.36. The Kier molecular flexibility index (Phi) is 14.6. The summed E-state index contributed by atoms with van der Waals surface area (Å²) in [6, 6.07) is 2.90. The quantitative estimate of drug-likeness (QED) is 0.131. The molecule has 3 N–H and O–H groups in total. The fraction of sp³-hybridized carbons (Fsp3) is 0.579. The van der Waals surface area contributed by atoms with Crippen LogP contribution in [0.3, 0.4) is 0 Å². The van der Waals surface area contributed by atoms with Crippen molar-refractivity contribution in [2.75, 3.05) is 71.3 Å². The summed E-state index contributed by atoms with van der Waals surface area (Å²) in [6.45, 7) is 2.88. The number of nitro benzene ring substituents is 2. The summed E-state index contributed by atoms with van der Waals surface area (Å²) in [5.74, 6) is -1.55. The van der Waals surface area contributed by atoms with Crippen LogP contribution in [0.5, 0.6) is 0 Å². The van der Waals surface area contributed by atoms with Gasteiger partial charge in [-0.25, -0.2) is 0 Å². The Morgan fingerprint density at radius 3 is 2.03 bits per heavy atom. The number of hydrogen-bond donors (Lipinski definition) is 3. The van der Waals surface area contributed by atoms with Crippen LogP contribution in [-0.2, 0) is 28.5 Å². The van der Waals surface area contributed by atoms with Gasteiger partial charge in [-0.3, -0.25) is 29.8 Å². The Balaban J connectivity index is 2.02. The van der Waals surface area contributed by atoms with Gasteiger partial charge in [0.05, 0.1) is 68.6 Å². The summed E-state index contributed by atoms with van der Waals surface area (Å²) in [6.07, 6.45) is -0.0195. The lowest BCUT2D eigenvalue weighted by atomic mass is 10.2. The zero-order valence-electron chi connectivity index (χ0n) is 18.4. The summed E-state index contributed by atoms with van der Waals surface area (Å²) in [7, 11) is 0. The van der Waals surface area contributed by atoms with Gasteiger partial charge in [-0.2, -0.15) is 0 Å². The molecule has 1 amide bonds. The SMILES string of the molecule is O=C(O)CCOCCNCCOCCOCCOCC(=O)Nc1ccc([N+](=O)[O-])cc1[N+](=O)[O-]. The molecule has 0 saturated heterocycles. The van der Waals surface area contributed by atoms with E-state index < -0.39 is 33.1 Å². The van der Waals surface area contributed by atoms with E-state index in [9.17, 15) is 29.8 Å². The summed E-state index contributed by atoms with van der Waals surface area (Å²) in [5, 5.41) is 35.6. The van der Waals surface area contributed by atoms with Crippen molar-refractivity contribution in [1.82, 2.24) is 5.32 Å². The largest absolute Gasteiger partial charge is 0.481 e. The van der Waals surface area contributed by atoms with Crippen LogP contribution in [0, 0.1) is 20.2 Å². The molecule has 0 aliphatic rings. The van der Waals surface area contributed by atoms with Crippen molar-refractivity contribution < 1.29 is 43.5 Å². The van der Waals surface area contributed by atoms with E-state index in [4.69, 9.17) is 24.1 Å². The Hall–Kier alpha value is -3.24. The van der Waals surface area contributed by atoms with Crippen LogP contribution in [0.4, 0.5) is 17.1 Å². The average Bonchev–Trinajstić information content (AvgIpc) is 2.78. The standard InChI is InChI=1S/C19H28N4O11/c24-18(21-16-2-1-15(22(27)28)13-17(16)23(29)30)14-34-12-11-33-10-9-32-8-5-20-4-7-31-6-3-19(25)26/h1-2,13,20H,3-12,14H2,(H,21,24)(H,25,26). The van der Waals surface area contributed by atoms with Crippen molar-refractivity contribution in [3.05, 3.63) is 38.4 Å². The molecule has 15 heteroatoms. The molecule has 0 aliphatic carbocycles. The normalized spacial score (nSPS) is 10.7. The predicted molar refractivity (Wildman–Crippen MR) is 117 cm³/mol. The van der Waals surface area contributed by atoms with Crippen LogP contribution in [0.15, 0.2) is 18.2 Å². The van der Waals surface area contributed by atoms with Crippen molar-refractivity contribution in [2.24, 2.45) is 0 Å². The number of anilines is 1. The molecule has 34 heavy (non-hydrogen) atoms. The molecule has 0 radical (unpaired) electrons. The molecule has 1 aromatic rings. The van der Waals surface area contributed by atoms with E-state index in [1.165, 1.54) is 0 Å². The maximum Gasteiger partial charge on any atom is 0.305 e. The molecule has 15 nitrogen and oxygen atoms in total. The number of carbonyl (C=O) groups excluding carboxylic acids is 1. The predicted octanol–water partition coefficient (Wildman–Crippen LogP) is 0.572. The number of carbonyl (C=O) groups is 2. The van der Waals surface area contributed by atoms with E-state index in [-0.39, 0.29) is 38.5 Å². The average molecular weight is 488 g/mol. The first-order chi connectivity index (χ1) is 16.3. The molecule has 0 aromatic heterocycles. The number of amides is 1. The number of benzene rings is 1. The Morgan fingerprint density at radius 2 is 1.44 bits per heavy atom. The van der Waals surface area contributed by atoms with Crippen molar-refractivity contribution in [2.45, 2.75) is 6.42 Å². The summed E-state index contributed by atoms with van der Waals surface area (Å²) < 4.78 is 20.9. The van der Waals surface area contributed by atoms with Crippen LogP contribution in [-0.4, -0.2) is 92.8 Å². The Labute approximate surface area is 194 Å². The third-order valence-corrected chi connectivity index (χ3v) is 3.95. The van der Waals surface area contributed by atoms with E-state index in [0.717, 1.165) is 18.2 Å². The molecular weight excluding hydrogens is 460 g/mol. The van der Waals surface area contributed by atoms with Crippen molar-refractivity contribution in [3.8, 4) is 0 Å². The molecule has 0 spiro atoms. The zero-order chi connectivity index (χ0) is 25.2. The molecular formula is C19H28N4O11. The first-order valence-electron chi connectivity index (χ1n) is 10.3. The van der Waals surface area contributed by atoms with Gasteiger partial charge in [-0.15, -0.1) is 0 Å². The molecule has 0 aliphatic heterocycles. The van der Waals surface area contributed by atoms with Crippen molar-refractivity contribution in [3.63, 3.8) is 0 Å². The number of nitro groups is 2. The van der Waals surface area contributed by atoms with Crippen molar-refractivity contribution >= 4 is 28.9 Å². The highest BCUT2D eigenvalue weighted by molar-refractivity contribution is 5.94. The van der Waals surface area contributed by atoms with Crippen LogP contribution in [0.2, 0.25) is 0 Å². The smallest absolute Gasteiger partial charge is 0.305 e. The van der Waals surface area contributed by atoms with E-state index in [2.05, 4.69) is 10.6 Å². The van der Waals surface area contributed by atoms with Gasteiger partial charge < -0.3 is 34.7 Å². The first kappa shape index (κ1) is 28.8. The molecule has 0 atom stereocenters. The highest BCUT2D eigenvalue weighted by Crippen LogP contribution is 2.28. The number of non-ortho nitro benzene ring substituents is 1. The molecule has 1 rings (SSSR count). The third kappa shape index (κ3) is 13.3. The van der Waals surface area contributed by atoms with Crippen LogP contribution >= 0.6 is 0 Å². The maximum absolute atomic E-state index is 11.9. The lowest BCUT2D eigenvalue weighted by Gasteiger charge is -2.08. The highest BCUT2D eigenvalue weighted by atomic mass is 16.6. The fourth-order valence-corrected chi connectivity index (χ4v) is 2.36. The minimum absolute atomic E-state index is 0.0195. The van der Waals surface area contributed by atoms with Crippen LogP contribution < -0.4 is 10.6 Å². The second-order valence-corrected chi connectivity index (χ2v) is 6.55. The lowest BCUT2D eigenvalue weighted by Crippen LogP contribution is -2.25. The summed E-state index contributed by atoms with van der Waals surface area (Å²) in [5.41, 5.74) is -1.22. The highest BCUT2D eigenvalue weighted by Gasteiger charge is 2.20. The number of nitrogens with one attached hydrogen (secondary N) is 2. The van der Waals surface area contributed by atoms with Crippen LogP contribution in [0.1, 0.15) is 6.42 Å². The second kappa shape index (κ2) is 17.3. The number of rotatable bonds is 20. The first-order valence-corrected chi connectivity index (χ1v) is 10.3. The van der Waals surface area contributed by atoms with Gasteiger partial charge in [0, 0.05) is 19.2 Å². The Bertz CT molecular complexity index is 806. The number of carboxylic acid groups (broad SMARTS) is 1. The summed E-state index contributed by atoms with van der Waals surface area (Å²) >= 11 is 0. The molecule has 1 aromatic carbocycles. The second-order valence-electron chi connectivity index (χ2n) is 6.55. The van der Waals surface area contributed by atoms with E-state index >= 15 is 0 Å². The maximum atomic E-state index is 11.9. The number of carboxylic acids is 1. The molecule has 0 unspecified atom stereocenters. The van der Waals surface area contributed by atoms with E-state index in [1.54, 1.807) is 0 Å². The van der Waals surface area contributed by atoms with Gasteiger partial charge >= 0.3 is 5.97 Å². The third-order valence-electron chi connectivity index (χ3n) is 3.95. The Morgan fingerprint density at radius 1 is 0.853 bits per heavy atom. The van der Waals surface area contributed by atoms with Gasteiger partial charge in [0.25, 0.3) is 17.3 Å². The molecule has 190 valence electrons. The lowest BCUT2D eigenvalue weighted by molar-refractivity contribution is -0.393. The topological polar surface area (TPSA) is 202 Å². The molecule has 0 heterocycles. The summed E-state index contributed by atoms with van der Waals surface area (Å²) in [4.78, 5) is 42.4. The van der Waals surface area contributed by atoms with Gasteiger partial charge in [-0.05, 0) is 6.07 Å². The van der Waals surface area contributed by atoms with E-state index in [1.807, 2.05) is 0 Å². The zero-order valence-corrected chi connectivity index (χ0v) is 18.4. The van der Waals surface area contributed by atoms with Crippen molar-refractivity contribution in [1.29, 1.82) is 0 Å². The minimum Gasteiger partial charge on any atom is -0.481 e. The van der Waals surface area contributed by atoms with E-state index in [0.29, 0.717) is 39.5 Å². The van der Waals surface area contributed by atoms with Gasteiger partial charge in [0.2, 0.25) is 0 Å². The number of aliphatic carboxylic acids is 1. The number of hydrogen-bond acceptors (Lipinski definition) is 11. The number of ether oxygens (including phenoxy) is 4. The van der Waals surface area contributed by atoms with Gasteiger partial charge in [-0.1, -0.05) is 0 Å². The minimum atomic E-state index is -0.895. The molecule has 0 saturated carbocycles. The monoisotopic (exact) mass is 488 g/mol. The van der Waals surface area contributed by atoms with Crippen LogP contribution in [0.25, 0.3) is 0 Å². The van der Waals surface area contributed by atoms with Gasteiger partial charge in [0.1, 0.15) is 12.3 Å².